The van der Waals surface area contributed by atoms with Gasteiger partial charge in [0.1, 0.15) is 0 Å². The Balaban J connectivity index is 1.34. The molecule has 0 spiro atoms. The summed E-state index contributed by atoms with van der Waals surface area (Å²) >= 11 is 0. The molecule has 0 aliphatic heterocycles. The highest BCUT2D eigenvalue weighted by Crippen LogP contribution is 2.50. The van der Waals surface area contributed by atoms with Crippen molar-refractivity contribution in [1.82, 2.24) is 0 Å². The lowest BCUT2D eigenvalue weighted by molar-refractivity contribution is 1.22. The molecule has 6 aromatic rings. The molecule has 1 heteroatoms. The van der Waals surface area contributed by atoms with E-state index in [4.69, 9.17) is 0 Å². The minimum Gasteiger partial charge on any atom is -0.310 e. The number of nitrogens with zero attached hydrogens (tertiary/aromatic N) is 1. The van der Waals surface area contributed by atoms with Gasteiger partial charge in [-0.2, -0.15) is 0 Å². The summed E-state index contributed by atoms with van der Waals surface area (Å²) in [7, 11) is 0. The summed E-state index contributed by atoms with van der Waals surface area (Å²) in [6.45, 7) is 0. The molecule has 3 aliphatic rings. The summed E-state index contributed by atoms with van der Waals surface area (Å²) in [4.78, 5) is 2.45. The Hall–Kier alpha value is -5.66. The van der Waals surface area contributed by atoms with Crippen LogP contribution < -0.4 is 4.90 Å². The van der Waals surface area contributed by atoms with Crippen LogP contribution in [0, 0.1) is 0 Å². The van der Waals surface area contributed by atoms with Crippen LogP contribution in [0.1, 0.15) is 50.1 Å². The predicted octanol–water partition coefficient (Wildman–Crippen LogP) is 11.4. The fraction of sp³-hybridized carbons (Fsp3) is 0.0667. The van der Waals surface area contributed by atoms with E-state index < -0.39 is 0 Å². The highest BCUT2D eigenvalue weighted by Gasteiger charge is 2.30. The van der Waals surface area contributed by atoms with Crippen molar-refractivity contribution in [2.75, 3.05) is 4.90 Å². The van der Waals surface area contributed by atoms with Crippen LogP contribution in [-0.2, 0) is 19.3 Å². The Bertz CT molecular complexity index is 2180. The van der Waals surface area contributed by atoms with Crippen molar-refractivity contribution in [3.8, 4) is 0 Å². The summed E-state index contributed by atoms with van der Waals surface area (Å²) in [6, 6.07) is 53.1. The summed E-state index contributed by atoms with van der Waals surface area (Å²) < 4.78 is 0. The zero-order valence-corrected chi connectivity index (χ0v) is 25.7. The number of fused-ring (bicyclic) bond motifs is 3. The van der Waals surface area contributed by atoms with Crippen LogP contribution in [0.5, 0.6) is 0 Å². The Morgan fingerprint density at radius 3 is 1.26 bits per heavy atom. The number of hydrogen-bond acceptors (Lipinski definition) is 1. The molecule has 9 rings (SSSR count). The monoisotopic (exact) mass is 587 g/mol. The second-order valence-corrected chi connectivity index (χ2v) is 12.5. The molecular formula is C45H33N. The molecule has 46 heavy (non-hydrogen) atoms. The summed E-state index contributed by atoms with van der Waals surface area (Å²) in [6.07, 6.45) is 10.1. The number of benzene rings is 6. The molecule has 3 aliphatic carbocycles. The molecule has 0 unspecified atom stereocenters. The van der Waals surface area contributed by atoms with Crippen molar-refractivity contribution >= 4 is 52.0 Å². The Labute approximate surface area is 271 Å². The fourth-order valence-electron chi connectivity index (χ4n) is 7.62. The third-order valence-electron chi connectivity index (χ3n) is 9.74. The molecule has 0 saturated carbocycles. The van der Waals surface area contributed by atoms with Gasteiger partial charge in [-0.1, -0.05) is 133 Å². The second-order valence-electron chi connectivity index (χ2n) is 12.5. The summed E-state index contributed by atoms with van der Waals surface area (Å²) in [5.74, 6) is 0. The van der Waals surface area contributed by atoms with Crippen molar-refractivity contribution in [3.63, 3.8) is 0 Å². The largest absolute Gasteiger partial charge is 0.310 e. The maximum atomic E-state index is 2.45. The summed E-state index contributed by atoms with van der Waals surface area (Å²) in [5, 5.41) is 0. The first-order valence-electron chi connectivity index (χ1n) is 16.2. The molecule has 0 heterocycles. The topological polar surface area (TPSA) is 3.24 Å². The van der Waals surface area contributed by atoms with Crippen molar-refractivity contribution in [1.29, 1.82) is 0 Å². The average molecular weight is 588 g/mol. The molecule has 0 bridgehead atoms. The van der Waals surface area contributed by atoms with E-state index in [1.54, 1.807) is 0 Å². The molecular weight excluding hydrogens is 555 g/mol. The number of rotatable bonds is 6. The van der Waals surface area contributed by atoms with Gasteiger partial charge in [0.15, 0.2) is 0 Å². The first kappa shape index (κ1) is 26.7. The maximum Gasteiger partial charge on any atom is 0.0543 e. The highest BCUT2D eigenvalue weighted by atomic mass is 15.1. The molecule has 6 aromatic carbocycles. The fourth-order valence-corrected chi connectivity index (χ4v) is 7.62. The molecule has 218 valence electrons. The van der Waals surface area contributed by atoms with E-state index >= 15 is 0 Å². The van der Waals surface area contributed by atoms with E-state index in [9.17, 15) is 0 Å². The third kappa shape index (κ3) is 4.55. The lowest BCUT2D eigenvalue weighted by Crippen LogP contribution is -2.14. The van der Waals surface area contributed by atoms with Gasteiger partial charge in [-0.25, -0.2) is 0 Å². The van der Waals surface area contributed by atoms with Crippen LogP contribution >= 0.6 is 0 Å². The molecule has 0 fully saturated rings. The van der Waals surface area contributed by atoms with Crippen LogP contribution in [0.25, 0.3) is 34.9 Å². The molecule has 0 saturated heterocycles. The van der Waals surface area contributed by atoms with Gasteiger partial charge in [-0.15, -0.1) is 0 Å². The van der Waals surface area contributed by atoms with Gasteiger partial charge in [0.25, 0.3) is 0 Å². The first-order chi connectivity index (χ1) is 22.8. The van der Waals surface area contributed by atoms with Gasteiger partial charge >= 0.3 is 0 Å². The van der Waals surface area contributed by atoms with Crippen molar-refractivity contribution in [3.05, 3.63) is 196 Å². The number of para-hydroxylation sites is 2. The lowest BCUT2D eigenvalue weighted by Gasteiger charge is -2.31. The van der Waals surface area contributed by atoms with E-state index in [0.717, 1.165) is 30.6 Å². The third-order valence-corrected chi connectivity index (χ3v) is 9.74. The van der Waals surface area contributed by atoms with Gasteiger partial charge in [0.05, 0.1) is 5.69 Å². The van der Waals surface area contributed by atoms with Crippen LogP contribution in [0.15, 0.2) is 146 Å². The Morgan fingerprint density at radius 2 is 0.761 bits per heavy atom. The van der Waals surface area contributed by atoms with E-state index in [0.29, 0.717) is 0 Å². The van der Waals surface area contributed by atoms with E-state index in [1.165, 1.54) is 72.5 Å². The highest BCUT2D eigenvalue weighted by molar-refractivity contribution is 6.06. The number of hydrogen-bond donors (Lipinski definition) is 0. The zero-order valence-electron chi connectivity index (χ0n) is 25.7. The van der Waals surface area contributed by atoms with Gasteiger partial charge in [0.2, 0.25) is 0 Å². The van der Waals surface area contributed by atoms with Crippen LogP contribution in [0.2, 0.25) is 0 Å². The van der Waals surface area contributed by atoms with E-state index in [-0.39, 0.29) is 0 Å². The van der Waals surface area contributed by atoms with Crippen LogP contribution in [0.3, 0.4) is 0 Å². The normalized spacial score (nSPS) is 14.2. The molecule has 0 atom stereocenters. The maximum absolute atomic E-state index is 2.45. The quantitative estimate of drug-likeness (QED) is 0.187. The number of anilines is 3. The predicted molar refractivity (Wildman–Crippen MR) is 195 cm³/mol. The van der Waals surface area contributed by atoms with Crippen LogP contribution in [-0.4, -0.2) is 0 Å². The first-order valence-corrected chi connectivity index (χ1v) is 16.2. The van der Waals surface area contributed by atoms with Crippen LogP contribution in [0.4, 0.5) is 17.1 Å². The number of allylic oxidation sites excluding steroid dienone is 3. The van der Waals surface area contributed by atoms with Gasteiger partial charge in [0, 0.05) is 16.9 Å². The Kier molecular flexibility index (Phi) is 6.42. The standard InChI is InChI=1S/C45H33N/c1-3-19-40(20-4-1)46(41-21-5-2-6-22-41)43-24-23-42(37-25-31-13-7-8-14-32(31)26-37)44(38-27-33-15-9-10-16-34(33)28-38)45(43)39-29-35-17-11-12-18-36(35)30-39/h1-25,27,29H,26,28,30H2. The molecule has 0 aromatic heterocycles. The van der Waals surface area contributed by atoms with Crippen molar-refractivity contribution in [2.45, 2.75) is 19.3 Å². The summed E-state index contributed by atoms with van der Waals surface area (Å²) in [5.41, 5.74) is 19.9. The van der Waals surface area contributed by atoms with Gasteiger partial charge in [-0.05, 0) is 111 Å². The lowest BCUT2D eigenvalue weighted by atomic mass is 9.84. The molecule has 0 radical (unpaired) electrons. The zero-order chi connectivity index (χ0) is 30.5. The van der Waals surface area contributed by atoms with Gasteiger partial charge < -0.3 is 4.90 Å². The molecule has 0 N–H and O–H groups in total. The average Bonchev–Trinajstić information content (AvgIpc) is 3.85. The minimum absolute atomic E-state index is 0.913. The second kappa shape index (κ2) is 11.1. The van der Waals surface area contributed by atoms with E-state index in [2.05, 4.69) is 169 Å². The van der Waals surface area contributed by atoms with Gasteiger partial charge in [-0.3, -0.25) is 0 Å². The van der Waals surface area contributed by atoms with E-state index in [1.807, 2.05) is 0 Å². The molecule has 0 amide bonds. The SMILES string of the molecule is C1=C(c2ccc(N(c3ccccc3)c3ccccc3)c(C3=Cc4ccccc4C3)c2C2=Cc3ccccc3C2)Cc2ccccc21. The smallest absolute Gasteiger partial charge is 0.0543 e. The minimum atomic E-state index is 0.913. The Morgan fingerprint density at radius 1 is 0.348 bits per heavy atom. The van der Waals surface area contributed by atoms with Crippen molar-refractivity contribution in [2.24, 2.45) is 0 Å². The van der Waals surface area contributed by atoms with Crippen molar-refractivity contribution < 1.29 is 0 Å². The molecule has 1 nitrogen and oxygen atoms in total.